The van der Waals surface area contributed by atoms with Gasteiger partial charge in [-0.2, -0.15) is 0 Å². The first kappa shape index (κ1) is 14.0. The molecule has 110 valence electrons. The van der Waals surface area contributed by atoms with Crippen molar-refractivity contribution in [2.75, 3.05) is 0 Å². The molecule has 2 atom stereocenters. The lowest BCUT2D eigenvalue weighted by atomic mass is 9.78. The number of fused-ring (bicyclic) bond motifs is 2. The molecule has 0 amide bonds. The Bertz CT molecular complexity index is 754. The molecule has 4 heteroatoms. The summed E-state index contributed by atoms with van der Waals surface area (Å²) in [5, 5.41) is 10.1. The standard InChI is InChI=1S/C17H18FNO2/c1-8-4-5-9(2)16-13(8)14(17(20)21)12-7-11(18)6-10(3)15(12)19-16/h6-9H,4-5H2,1-3H3,(H,20,21). The number of pyridine rings is 1. The third-order valence-corrected chi connectivity index (χ3v) is 4.52. The summed E-state index contributed by atoms with van der Waals surface area (Å²) in [5.41, 5.74) is 3.18. The van der Waals surface area contributed by atoms with Crippen LogP contribution in [0, 0.1) is 12.7 Å². The number of halogens is 1. The van der Waals surface area contributed by atoms with Gasteiger partial charge in [0.1, 0.15) is 5.82 Å². The fourth-order valence-electron chi connectivity index (χ4n) is 3.41. The number of carboxylic acid groups (broad SMARTS) is 1. The van der Waals surface area contributed by atoms with E-state index in [1.54, 1.807) is 6.92 Å². The van der Waals surface area contributed by atoms with E-state index in [-0.39, 0.29) is 17.4 Å². The number of hydrogen-bond donors (Lipinski definition) is 1. The number of hydrogen-bond acceptors (Lipinski definition) is 2. The van der Waals surface area contributed by atoms with Gasteiger partial charge in [-0.1, -0.05) is 13.8 Å². The van der Waals surface area contributed by atoms with Crippen molar-refractivity contribution in [3.8, 4) is 0 Å². The topological polar surface area (TPSA) is 50.2 Å². The molecule has 0 radical (unpaired) electrons. The van der Waals surface area contributed by atoms with Crippen LogP contribution < -0.4 is 0 Å². The van der Waals surface area contributed by atoms with E-state index in [9.17, 15) is 14.3 Å². The van der Waals surface area contributed by atoms with Crippen LogP contribution in [0.5, 0.6) is 0 Å². The van der Waals surface area contributed by atoms with Crippen molar-refractivity contribution in [1.82, 2.24) is 4.98 Å². The molecule has 1 aromatic carbocycles. The van der Waals surface area contributed by atoms with Crippen LogP contribution in [-0.2, 0) is 0 Å². The van der Waals surface area contributed by atoms with E-state index >= 15 is 0 Å². The summed E-state index contributed by atoms with van der Waals surface area (Å²) in [4.78, 5) is 16.5. The zero-order valence-corrected chi connectivity index (χ0v) is 12.4. The number of carbonyl (C=O) groups is 1. The molecule has 1 heterocycles. The van der Waals surface area contributed by atoms with Crippen LogP contribution in [0.2, 0.25) is 0 Å². The highest BCUT2D eigenvalue weighted by Crippen LogP contribution is 2.42. The van der Waals surface area contributed by atoms with Gasteiger partial charge in [-0.25, -0.2) is 9.18 Å². The fraction of sp³-hybridized carbons (Fsp3) is 0.412. The summed E-state index contributed by atoms with van der Waals surface area (Å²) in [6.45, 7) is 5.87. The van der Waals surface area contributed by atoms with Gasteiger partial charge in [-0.3, -0.25) is 4.98 Å². The Kier molecular flexibility index (Phi) is 3.19. The van der Waals surface area contributed by atoms with Gasteiger partial charge in [0, 0.05) is 11.1 Å². The number of aromatic nitrogens is 1. The largest absolute Gasteiger partial charge is 0.478 e. The van der Waals surface area contributed by atoms with Crippen molar-refractivity contribution in [1.29, 1.82) is 0 Å². The number of aromatic carboxylic acids is 1. The summed E-state index contributed by atoms with van der Waals surface area (Å²) < 4.78 is 13.7. The Balaban J connectivity index is 2.50. The normalized spacial score (nSPS) is 21.3. The molecule has 2 unspecified atom stereocenters. The van der Waals surface area contributed by atoms with E-state index in [1.165, 1.54) is 12.1 Å². The first-order chi connectivity index (χ1) is 9.90. The lowest BCUT2D eigenvalue weighted by Crippen LogP contribution is -2.18. The summed E-state index contributed by atoms with van der Waals surface area (Å²) in [5.74, 6) is -1.03. The van der Waals surface area contributed by atoms with Crippen LogP contribution in [0.25, 0.3) is 10.9 Å². The molecule has 21 heavy (non-hydrogen) atoms. The Hall–Kier alpha value is -1.97. The highest BCUT2D eigenvalue weighted by atomic mass is 19.1. The molecule has 0 aliphatic heterocycles. The van der Waals surface area contributed by atoms with Gasteiger partial charge in [-0.05, 0) is 54.9 Å². The Labute approximate surface area is 122 Å². The molecule has 0 fully saturated rings. The first-order valence-electron chi connectivity index (χ1n) is 7.27. The van der Waals surface area contributed by atoms with E-state index in [0.717, 1.165) is 24.1 Å². The van der Waals surface area contributed by atoms with Crippen molar-refractivity contribution in [2.45, 2.75) is 45.4 Å². The Morgan fingerprint density at radius 2 is 1.95 bits per heavy atom. The average Bonchev–Trinajstić information content (AvgIpc) is 2.41. The van der Waals surface area contributed by atoms with Gasteiger partial charge in [0.2, 0.25) is 0 Å². The van der Waals surface area contributed by atoms with Crippen LogP contribution in [0.15, 0.2) is 12.1 Å². The number of nitrogens with zero attached hydrogens (tertiary/aromatic N) is 1. The Morgan fingerprint density at radius 3 is 2.62 bits per heavy atom. The van der Waals surface area contributed by atoms with Crippen molar-refractivity contribution in [3.05, 3.63) is 40.3 Å². The van der Waals surface area contributed by atoms with Gasteiger partial charge in [0.15, 0.2) is 0 Å². The summed E-state index contributed by atoms with van der Waals surface area (Å²) in [6, 6.07) is 2.70. The third kappa shape index (κ3) is 2.09. The molecule has 0 saturated carbocycles. The van der Waals surface area contributed by atoms with Gasteiger partial charge >= 0.3 is 5.97 Å². The van der Waals surface area contributed by atoms with Crippen molar-refractivity contribution in [2.24, 2.45) is 0 Å². The zero-order valence-electron chi connectivity index (χ0n) is 12.4. The van der Waals surface area contributed by atoms with Gasteiger partial charge in [0.25, 0.3) is 0 Å². The van der Waals surface area contributed by atoms with Crippen LogP contribution >= 0.6 is 0 Å². The highest BCUT2D eigenvalue weighted by molar-refractivity contribution is 6.05. The van der Waals surface area contributed by atoms with Crippen LogP contribution in [0.3, 0.4) is 0 Å². The van der Waals surface area contributed by atoms with Crippen LogP contribution in [0.1, 0.15) is 65.7 Å². The lowest BCUT2D eigenvalue weighted by molar-refractivity contribution is 0.0696. The third-order valence-electron chi connectivity index (χ3n) is 4.52. The summed E-state index contributed by atoms with van der Waals surface area (Å²) in [6.07, 6.45) is 1.95. The number of benzene rings is 1. The second kappa shape index (κ2) is 4.79. The van der Waals surface area contributed by atoms with Crippen molar-refractivity contribution < 1.29 is 14.3 Å². The number of carboxylic acids is 1. The zero-order chi connectivity index (χ0) is 15.3. The van der Waals surface area contributed by atoms with E-state index in [0.29, 0.717) is 16.5 Å². The smallest absolute Gasteiger partial charge is 0.336 e. The molecule has 1 aliphatic rings. The maximum atomic E-state index is 13.7. The molecule has 1 aliphatic carbocycles. The molecule has 0 saturated heterocycles. The molecular formula is C17H18FNO2. The molecule has 0 spiro atoms. The molecule has 2 aromatic rings. The fourth-order valence-corrected chi connectivity index (χ4v) is 3.41. The number of rotatable bonds is 1. The SMILES string of the molecule is Cc1cc(F)cc2c(C(=O)O)c3c(nc12)C(C)CCC3C. The maximum Gasteiger partial charge on any atom is 0.336 e. The molecule has 3 nitrogen and oxygen atoms in total. The highest BCUT2D eigenvalue weighted by Gasteiger charge is 2.30. The first-order valence-corrected chi connectivity index (χ1v) is 7.27. The summed E-state index contributed by atoms with van der Waals surface area (Å²) >= 11 is 0. The van der Waals surface area contributed by atoms with E-state index in [2.05, 4.69) is 6.92 Å². The van der Waals surface area contributed by atoms with Gasteiger partial charge < -0.3 is 5.11 Å². The van der Waals surface area contributed by atoms with Gasteiger partial charge in [0.05, 0.1) is 11.1 Å². The number of aryl methyl sites for hydroxylation is 1. The van der Waals surface area contributed by atoms with Crippen LogP contribution in [-0.4, -0.2) is 16.1 Å². The molecule has 1 N–H and O–H groups in total. The Morgan fingerprint density at radius 1 is 1.29 bits per heavy atom. The molecular weight excluding hydrogens is 269 g/mol. The van der Waals surface area contributed by atoms with Crippen molar-refractivity contribution >= 4 is 16.9 Å². The van der Waals surface area contributed by atoms with E-state index in [4.69, 9.17) is 4.98 Å². The molecule has 3 rings (SSSR count). The predicted molar refractivity (Wildman–Crippen MR) is 79.5 cm³/mol. The molecule has 1 aromatic heterocycles. The van der Waals surface area contributed by atoms with E-state index in [1.807, 2.05) is 6.92 Å². The minimum Gasteiger partial charge on any atom is -0.478 e. The minimum atomic E-state index is -0.996. The second-order valence-corrected chi connectivity index (χ2v) is 6.09. The van der Waals surface area contributed by atoms with E-state index < -0.39 is 11.8 Å². The monoisotopic (exact) mass is 287 g/mol. The van der Waals surface area contributed by atoms with Crippen molar-refractivity contribution in [3.63, 3.8) is 0 Å². The quantitative estimate of drug-likeness (QED) is 0.846. The average molecular weight is 287 g/mol. The van der Waals surface area contributed by atoms with Gasteiger partial charge in [-0.15, -0.1) is 0 Å². The van der Waals surface area contributed by atoms with Crippen LogP contribution in [0.4, 0.5) is 4.39 Å². The summed E-state index contributed by atoms with van der Waals surface area (Å²) in [7, 11) is 0. The second-order valence-electron chi connectivity index (χ2n) is 6.09. The lowest BCUT2D eigenvalue weighted by Gasteiger charge is -2.29. The maximum absolute atomic E-state index is 13.7. The minimum absolute atomic E-state index is 0.141. The molecule has 0 bridgehead atoms. The predicted octanol–water partition coefficient (Wildman–Crippen LogP) is 4.38.